The molecule has 1 aromatic carbocycles. The molecular weight excluding hydrogens is 724 g/mol. The highest BCUT2D eigenvalue weighted by Gasteiger charge is 2.46. The number of carbonyl (C=O) groups excluding carboxylic acids is 4. The van der Waals surface area contributed by atoms with Crippen molar-refractivity contribution in [3.8, 4) is 0 Å². The van der Waals surface area contributed by atoms with Gasteiger partial charge >= 0.3 is 11.9 Å². The summed E-state index contributed by atoms with van der Waals surface area (Å²) < 4.78 is 33.4. The predicted molar refractivity (Wildman–Crippen MR) is 191 cm³/mol. The van der Waals surface area contributed by atoms with Crippen molar-refractivity contribution in [2.45, 2.75) is 120 Å². The van der Waals surface area contributed by atoms with Crippen LogP contribution in [0, 0.1) is 0 Å². The molecule has 0 aromatic heterocycles. The van der Waals surface area contributed by atoms with Gasteiger partial charge in [-0.25, -0.2) is 4.79 Å². The highest BCUT2D eigenvalue weighted by molar-refractivity contribution is 5.98. The lowest BCUT2D eigenvalue weighted by Crippen LogP contribution is -2.59. The Morgan fingerprint density at radius 3 is 2.47 bits per heavy atom. The number of aliphatic hydroxyl groups is 5. The molecule has 304 valence electrons. The SMILES string of the molecule is CC(C)(C)OC(=O)CC[C@@H](CO)NC(=O)[C@H]1CCCN1C(=O)C1=C[C@H]2OCO[C@H]2[C@H](OC(=O)c2ccc(C=CCO[C@H]3O[C@H](CO)[C@H](O)[C@H](O)[C@H]3O)cc2)C1. The maximum atomic E-state index is 13.9. The first-order chi connectivity index (χ1) is 26.2. The van der Waals surface area contributed by atoms with Crippen LogP contribution in [0.3, 0.4) is 0 Å². The van der Waals surface area contributed by atoms with Crippen molar-refractivity contribution < 1.29 is 73.1 Å². The van der Waals surface area contributed by atoms with Gasteiger partial charge in [-0.05, 0) is 63.8 Å². The second-order valence-electron chi connectivity index (χ2n) is 14.9. The highest BCUT2D eigenvalue weighted by atomic mass is 16.7. The molecule has 4 aliphatic rings. The number of aliphatic hydroxyl groups excluding tert-OH is 5. The smallest absolute Gasteiger partial charge is 0.338 e. The normalized spacial score (nSPS) is 30.1. The molecular formula is C38H52N2O15. The van der Waals surface area contributed by atoms with E-state index in [0.29, 0.717) is 30.5 Å². The average Bonchev–Trinajstić information content (AvgIpc) is 3.85. The number of benzene rings is 1. The third-order valence-corrected chi connectivity index (χ3v) is 9.69. The standard InChI is InChI=1S/C38H52N2O15/c1-38(2,3)55-29(43)13-12-24(18-41)39-34(47)25-7-4-14-40(25)35(48)23-16-26-33(52-20-51-26)27(17-23)53-36(49)22-10-8-21(9-11-22)6-5-15-50-37-32(46)31(45)30(44)28(19-42)54-37/h5-6,8-11,16,24-28,30-33,37,41-42,44-46H,4,7,12-15,17-20H2,1-3H3,(H,39,47)/t24-,25+,26+,27+,28+,30-,31-,32+,33+,37-/m0/s1. The van der Waals surface area contributed by atoms with Crippen LogP contribution < -0.4 is 5.32 Å². The van der Waals surface area contributed by atoms with Crippen LogP contribution in [0.4, 0.5) is 0 Å². The molecule has 0 unspecified atom stereocenters. The summed E-state index contributed by atoms with van der Waals surface area (Å²) in [5.41, 5.74) is 0.607. The molecule has 17 nitrogen and oxygen atoms in total. The number of amides is 2. The van der Waals surface area contributed by atoms with Gasteiger partial charge in [-0.1, -0.05) is 24.3 Å². The summed E-state index contributed by atoms with van der Waals surface area (Å²) in [6.07, 6.45) is -2.88. The molecule has 1 aromatic rings. The fourth-order valence-electron chi connectivity index (χ4n) is 6.85. The number of carbonyl (C=O) groups is 4. The minimum absolute atomic E-state index is 0.00147. The van der Waals surface area contributed by atoms with Gasteiger partial charge in [0.05, 0.1) is 31.4 Å². The zero-order valence-corrected chi connectivity index (χ0v) is 31.2. The van der Waals surface area contributed by atoms with E-state index in [0.717, 1.165) is 0 Å². The Hall–Kier alpha value is -3.78. The van der Waals surface area contributed by atoms with Gasteiger partial charge in [0.15, 0.2) is 6.29 Å². The lowest BCUT2D eigenvalue weighted by atomic mass is 9.91. The second kappa shape index (κ2) is 18.9. The van der Waals surface area contributed by atoms with Gasteiger partial charge in [0, 0.05) is 25.0 Å². The fraction of sp³-hybridized carbons (Fsp3) is 0.632. The topological polar surface area (TPSA) is 240 Å². The van der Waals surface area contributed by atoms with E-state index in [1.54, 1.807) is 63.3 Å². The van der Waals surface area contributed by atoms with Gasteiger partial charge in [-0.3, -0.25) is 14.4 Å². The fourth-order valence-corrected chi connectivity index (χ4v) is 6.85. The van der Waals surface area contributed by atoms with E-state index in [2.05, 4.69) is 5.32 Å². The summed E-state index contributed by atoms with van der Waals surface area (Å²) in [5, 5.41) is 51.9. The van der Waals surface area contributed by atoms with Gasteiger partial charge in [-0.15, -0.1) is 0 Å². The van der Waals surface area contributed by atoms with Crippen molar-refractivity contribution in [2.75, 3.05) is 33.2 Å². The van der Waals surface area contributed by atoms with E-state index in [9.17, 15) is 44.7 Å². The maximum Gasteiger partial charge on any atom is 0.338 e. The molecule has 6 N–H and O–H groups in total. The molecule has 1 aliphatic carbocycles. The van der Waals surface area contributed by atoms with Crippen molar-refractivity contribution >= 4 is 29.8 Å². The first-order valence-corrected chi connectivity index (χ1v) is 18.5. The molecule has 0 spiro atoms. The lowest BCUT2D eigenvalue weighted by molar-refractivity contribution is -0.298. The summed E-state index contributed by atoms with van der Waals surface area (Å²) in [5.74, 6) is -1.92. The Bertz CT molecular complexity index is 1560. The molecule has 0 saturated carbocycles. The summed E-state index contributed by atoms with van der Waals surface area (Å²) >= 11 is 0. The van der Waals surface area contributed by atoms with E-state index in [1.165, 1.54) is 4.90 Å². The molecule has 3 aliphatic heterocycles. The van der Waals surface area contributed by atoms with Gasteiger partial charge < -0.3 is 64.2 Å². The highest BCUT2D eigenvalue weighted by Crippen LogP contribution is 2.33. The predicted octanol–water partition coefficient (Wildman–Crippen LogP) is -0.297. The Morgan fingerprint density at radius 2 is 1.78 bits per heavy atom. The van der Waals surface area contributed by atoms with Crippen LogP contribution in [0.2, 0.25) is 0 Å². The first-order valence-electron chi connectivity index (χ1n) is 18.5. The zero-order chi connectivity index (χ0) is 39.9. The number of esters is 2. The van der Waals surface area contributed by atoms with Gasteiger partial charge in [0.2, 0.25) is 11.8 Å². The average molecular weight is 777 g/mol. The number of nitrogens with one attached hydrogen (secondary N) is 1. The van der Waals surface area contributed by atoms with Gasteiger partial charge in [-0.2, -0.15) is 0 Å². The third kappa shape index (κ3) is 11.0. The largest absolute Gasteiger partial charge is 0.460 e. The first kappa shape index (κ1) is 42.4. The number of ether oxygens (including phenoxy) is 6. The van der Waals surface area contributed by atoms with Crippen LogP contribution in [-0.4, -0.2) is 154 Å². The van der Waals surface area contributed by atoms with Crippen LogP contribution in [0.15, 0.2) is 42.0 Å². The van der Waals surface area contributed by atoms with Crippen LogP contribution in [0.25, 0.3) is 6.08 Å². The molecule has 3 fully saturated rings. The molecule has 3 saturated heterocycles. The van der Waals surface area contributed by atoms with E-state index >= 15 is 0 Å². The molecule has 3 heterocycles. The Morgan fingerprint density at radius 1 is 1.04 bits per heavy atom. The molecule has 55 heavy (non-hydrogen) atoms. The van der Waals surface area contributed by atoms with Gasteiger partial charge in [0.1, 0.15) is 61.2 Å². The van der Waals surface area contributed by atoms with E-state index in [4.69, 9.17) is 28.4 Å². The Labute approximate surface area is 318 Å². The number of hydrogen-bond acceptors (Lipinski definition) is 15. The van der Waals surface area contributed by atoms with E-state index in [1.807, 2.05) is 0 Å². The third-order valence-electron chi connectivity index (χ3n) is 9.69. The van der Waals surface area contributed by atoms with Crippen LogP contribution in [0.5, 0.6) is 0 Å². The quantitative estimate of drug-likeness (QED) is 0.133. The maximum absolute atomic E-state index is 13.9. The van der Waals surface area contributed by atoms with E-state index in [-0.39, 0.29) is 38.2 Å². The number of rotatable bonds is 14. The van der Waals surface area contributed by atoms with Gasteiger partial charge in [0.25, 0.3) is 0 Å². The molecule has 0 bridgehead atoms. The number of nitrogens with zero attached hydrogens (tertiary/aromatic N) is 1. The molecule has 10 atom stereocenters. The Kier molecular flexibility index (Phi) is 14.6. The minimum atomic E-state index is -1.55. The van der Waals surface area contributed by atoms with Crippen molar-refractivity contribution in [1.82, 2.24) is 10.2 Å². The zero-order valence-electron chi connectivity index (χ0n) is 31.2. The van der Waals surface area contributed by atoms with Crippen molar-refractivity contribution in [2.24, 2.45) is 0 Å². The summed E-state index contributed by atoms with van der Waals surface area (Å²) in [4.78, 5) is 54.1. The molecule has 5 rings (SSSR count). The molecule has 2 amide bonds. The van der Waals surface area contributed by atoms with E-state index < -0.39 is 104 Å². The van der Waals surface area contributed by atoms with Crippen molar-refractivity contribution in [3.63, 3.8) is 0 Å². The minimum Gasteiger partial charge on any atom is -0.460 e. The number of hydrogen-bond donors (Lipinski definition) is 6. The summed E-state index contributed by atoms with van der Waals surface area (Å²) in [6, 6.07) is 4.97. The molecule has 0 radical (unpaired) electrons. The molecule has 17 heteroatoms. The second-order valence-corrected chi connectivity index (χ2v) is 14.9. The van der Waals surface area contributed by atoms with Crippen molar-refractivity contribution in [1.29, 1.82) is 0 Å². The van der Waals surface area contributed by atoms with Crippen molar-refractivity contribution in [3.05, 3.63) is 53.1 Å². The number of likely N-dealkylation sites (tertiary alicyclic amines) is 1. The summed E-state index contributed by atoms with van der Waals surface area (Å²) in [7, 11) is 0. The van der Waals surface area contributed by atoms with Crippen LogP contribution >= 0.6 is 0 Å². The van der Waals surface area contributed by atoms with Crippen LogP contribution in [0.1, 0.15) is 68.8 Å². The lowest BCUT2D eigenvalue weighted by Gasteiger charge is -2.39. The number of fused-ring (bicyclic) bond motifs is 1. The van der Waals surface area contributed by atoms with Crippen LogP contribution in [-0.2, 0) is 42.8 Å². The monoisotopic (exact) mass is 776 g/mol. The summed E-state index contributed by atoms with van der Waals surface area (Å²) in [6.45, 7) is 4.54. The Balaban J connectivity index is 1.14.